The molecule has 4 aromatic rings. The molecule has 5 atom stereocenters. The van der Waals surface area contributed by atoms with Gasteiger partial charge in [-0.15, -0.1) is 0 Å². The number of nitrogens with one attached hydrogen (secondary N) is 1. The standard InChI is InChI=1S/C41H44F3N3O5/c1-27-36(25-46(2)24-28-9-4-3-5-10-28)51-39(52-37(27)31-16-14-29(26-48)15-17-31)32-20-18-30(19-21-32)34-12-7-6-11-33(34)23-45-38(49)35-13-8-22-47(35)40(50)41(42,43)44/h3-7,9-12,14-21,27,35-37,39,48H,8,13,22-26H2,1-2H3,(H,45,49)/t27-,35+,36+,37+,39+/m1/s1. The fraction of sp³-hybridized carbons (Fsp3) is 0.366. The maximum Gasteiger partial charge on any atom is 0.471 e. The van der Waals surface area contributed by atoms with Gasteiger partial charge in [-0.2, -0.15) is 13.2 Å². The van der Waals surface area contributed by atoms with E-state index < -0.39 is 30.3 Å². The number of likely N-dealkylation sites (tertiary alicyclic amines) is 1. The zero-order valence-electron chi connectivity index (χ0n) is 29.3. The van der Waals surface area contributed by atoms with Crippen molar-refractivity contribution in [1.82, 2.24) is 15.1 Å². The number of carbonyl (C=O) groups excluding carboxylic acids is 2. The number of amides is 2. The van der Waals surface area contributed by atoms with Crippen molar-refractivity contribution in [2.75, 3.05) is 20.1 Å². The lowest BCUT2D eigenvalue weighted by molar-refractivity contribution is -0.276. The Labute approximate surface area is 302 Å². The highest BCUT2D eigenvalue weighted by molar-refractivity contribution is 5.90. The minimum atomic E-state index is -5.03. The molecule has 2 fully saturated rings. The van der Waals surface area contributed by atoms with Crippen LogP contribution in [0.5, 0.6) is 0 Å². The number of hydrogen-bond donors (Lipinski definition) is 2. The summed E-state index contributed by atoms with van der Waals surface area (Å²) in [5, 5.41) is 12.4. The minimum absolute atomic E-state index is 0.0266. The Bertz CT molecular complexity index is 1800. The van der Waals surface area contributed by atoms with Gasteiger partial charge in [-0.3, -0.25) is 14.5 Å². The van der Waals surface area contributed by atoms with E-state index in [1.165, 1.54) is 5.56 Å². The van der Waals surface area contributed by atoms with Crippen molar-refractivity contribution in [1.29, 1.82) is 0 Å². The van der Waals surface area contributed by atoms with Gasteiger partial charge in [0.25, 0.3) is 0 Å². The Kier molecular flexibility index (Phi) is 11.7. The summed E-state index contributed by atoms with van der Waals surface area (Å²) in [6.45, 7) is 3.54. The first-order valence-electron chi connectivity index (χ1n) is 17.6. The number of aliphatic hydroxyl groups excluding tert-OH is 1. The lowest BCUT2D eigenvalue weighted by Crippen LogP contribution is -2.50. The SMILES string of the molecule is C[C@@H]1[C@H](CN(C)Cc2ccccc2)O[C@H](c2ccc(-c3ccccc3CNC(=O)[C@@H]3CCCN3C(=O)C(F)(F)F)cc2)O[C@@H]1c1ccc(CO)cc1. The zero-order chi connectivity index (χ0) is 36.8. The predicted molar refractivity (Wildman–Crippen MR) is 190 cm³/mol. The van der Waals surface area contributed by atoms with Crippen LogP contribution in [0.15, 0.2) is 103 Å². The summed E-state index contributed by atoms with van der Waals surface area (Å²) in [6, 6.07) is 32.3. The Hall–Kier alpha value is -4.55. The van der Waals surface area contributed by atoms with Gasteiger partial charge < -0.3 is 24.8 Å². The minimum Gasteiger partial charge on any atom is -0.392 e. The van der Waals surface area contributed by atoms with Gasteiger partial charge in [0.15, 0.2) is 6.29 Å². The number of nitrogens with zero attached hydrogens (tertiary/aromatic N) is 2. The second-order valence-electron chi connectivity index (χ2n) is 13.7. The van der Waals surface area contributed by atoms with E-state index in [1.54, 1.807) is 0 Å². The monoisotopic (exact) mass is 715 g/mol. The molecular weight excluding hydrogens is 671 g/mol. The van der Waals surface area contributed by atoms with E-state index in [0.29, 0.717) is 17.9 Å². The van der Waals surface area contributed by atoms with Crippen LogP contribution in [0, 0.1) is 5.92 Å². The molecule has 2 N–H and O–H groups in total. The van der Waals surface area contributed by atoms with Crippen molar-refractivity contribution in [2.24, 2.45) is 5.92 Å². The Morgan fingerprint density at radius 1 is 0.885 bits per heavy atom. The van der Waals surface area contributed by atoms with Gasteiger partial charge in [0.1, 0.15) is 6.04 Å². The van der Waals surface area contributed by atoms with Crippen molar-refractivity contribution in [3.05, 3.63) is 131 Å². The van der Waals surface area contributed by atoms with Crippen molar-refractivity contribution >= 4 is 11.8 Å². The van der Waals surface area contributed by atoms with E-state index >= 15 is 0 Å². The fourth-order valence-electron chi connectivity index (χ4n) is 7.12. The van der Waals surface area contributed by atoms with Gasteiger partial charge in [0.05, 0.1) is 18.8 Å². The topological polar surface area (TPSA) is 91.3 Å². The summed E-state index contributed by atoms with van der Waals surface area (Å²) in [5.74, 6) is -2.56. The van der Waals surface area contributed by atoms with Crippen LogP contribution in [-0.2, 0) is 38.8 Å². The van der Waals surface area contributed by atoms with Crippen LogP contribution in [0.1, 0.15) is 60.0 Å². The lowest BCUT2D eigenvalue weighted by atomic mass is 9.90. The molecule has 2 heterocycles. The molecule has 0 radical (unpaired) electrons. The number of ether oxygens (including phenoxy) is 2. The number of benzene rings is 4. The Balaban J connectivity index is 1.18. The molecule has 0 saturated carbocycles. The number of alkyl halides is 3. The summed E-state index contributed by atoms with van der Waals surface area (Å²) < 4.78 is 52.7. The number of aliphatic hydroxyl groups is 1. The fourth-order valence-corrected chi connectivity index (χ4v) is 7.12. The van der Waals surface area contributed by atoms with Crippen molar-refractivity contribution in [3.63, 3.8) is 0 Å². The molecule has 274 valence electrons. The third-order valence-electron chi connectivity index (χ3n) is 9.93. The average molecular weight is 716 g/mol. The maximum atomic E-state index is 13.1. The molecule has 11 heteroatoms. The summed E-state index contributed by atoms with van der Waals surface area (Å²) in [7, 11) is 2.08. The molecule has 0 spiro atoms. The number of rotatable bonds is 11. The lowest BCUT2D eigenvalue weighted by Gasteiger charge is -2.42. The quantitative estimate of drug-likeness (QED) is 0.175. The molecule has 6 rings (SSSR count). The van der Waals surface area contributed by atoms with E-state index in [-0.39, 0.29) is 44.2 Å². The predicted octanol–water partition coefficient (Wildman–Crippen LogP) is 6.94. The number of halogens is 3. The van der Waals surface area contributed by atoms with Crippen LogP contribution in [0.3, 0.4) is 0 Å². The van der Waals surface area contributed by atoms with E-state index in [0.717, 1.165) is 39.9 Å². The van der Waals surface area contributed by atoms with Crippen LogP contribution in [-0.4, -0.2) is 65.2 Å². The molecule has 0 aliphatic carbocycles. The molecule has 4 aromatic carbocycles. The van der Waals surface area contributed by atoms with E-state index in [9.17, 15) is 27.9 Å². The summed E-state index contributed by atoms with van der Waals surface area (Å²) in [5.41, 5.74) is 6.39. The third-order valence-corrected chi connectivity index (χ3v) is 9.93. The molecule has 2 aliphatic heterocycles. The largest absolute Gasteiger partial charge is 0.471 e. The number of likely N-dealkylation sites (N-methyl/N-ethyl adjacent to an activating group) is 1. The normalized spacial score (nSPS) is 22.1. The van der Waals surface area contributed by atoms with Crippen molar-refractivity contribution in [3.8, 4) is 11.1 Å². The highest BCUT2D eigenvalue weighted by Gasteiger charge is 2.47. The summed E-state index contributed by atoms with van der Waals surface area (Å²) >= 11 is 0. The molecule has 0 aromatic heterocycles. The Morgan fingerprint density at radius 3 is 2.25 bits per heavy atom. The van der Waals surface area contributed by atoms with E-state index in [1.807, 2.05) is 91.0 Å². The molecule has 8 nitrogen and oxygen atoms in total. The van der Waals surface area contributed by atoms with Gasteiger partial charge >= 0.3 is 12.1 Å². The third kappa shape index (κ3) is 8.73. The van der Waals surface area contributed by atoms with Gasteiger partial charge in [0.2, 0.25) is 5.91 Å². The molecule has 52 heavy (non-hydrogen) atoms. The molecule has 2 amide bonds. The van der Waals surface area contributed by atoms with Crippen molar-refractivity contribution < 1.29 is 37.3 Å². The van der Waals surface area contributed by atoms with E-state index in [2.05, 4.69) is 36.3 Å². The van der Waals surface area contributed by atoms with Crippen LogP contribution < -0.4 is 5.32 Å². The molecular formula is C41H44F3N3O5. The van der Waals surface area contributed by atoms with Gasteiger partial charge in [-0.25, -0.2) is 0 Å². The van der Waals surface area contributed by atoms with Gasteiger partial charge in [-0.05, 0) is 53.3 Å². The van der Waals surface area contributed by atoms with Gasteiger partial charge in [0, 0.05) is 37.7 Å². The van der Waals surface area contributed by atoms with Crippen LogP contribution in [0.2, 0.25) is 0 Å². The zero-order valence-corrected chi connectivity index (χ0v) is 29.3. The van der Waals surface area contributed by atoms with E-state index in [4.69, 9.17) is 9.47 Å². The molecule has 2 saturated heterocycles. The summed E-state index contributed by atoms with van der Waals surface area (Å²) in [4.78, 5) is 27.7. The molecule has 2 aliphatic rings. The summed E-state index contributed by atoms with van der Waals surface area (Å²) in [6.07, 6.45) is -5.57. The maximum absolute atomic E-state index is 13.1. The highest BCUT2D eigenvalue weighted by atomic mass is 19.4. The first-order valence-corrected chi connectivity index (χ1v) is 17.6. The number of hydrogen-bond acceptors (Lipinski definition) is 6. The highest BCUT2D eigenvalue weighted by Crippen LogP contribution is 2.42. The smallest absolute Gasteiger partial charge is 0.392 e. The van der Waals surface area contributed by atoms with Crippen LogP contribution in [0.25, 0.3) is 11.1 Å². The molecule has 0 bridgehead atoms. The molecule has 0 unspecified atom stereocenters. The first-order chi connectivity index (χ1) is 25.0. The average Bonchev–Trinajstić information content (AvgIpc) is 3.65. The Morgan fingerprint density at radius 2 is 1.56 bits per heavy atom. The second-order valence-corrected chi connectivity index (χ2v) is 13.7. The second kappa shape index (κ2) is 16.4. The van der Waals surface area contributed by atoms with Gasteiger partial charge in [-0.1, -0.05) is 110 Å². The van der Waals surface area contributed by atoms with Crippen LogP contribution in [0.4, 0.5) is 13.2 Å². The van der Waals surface area contributed by atoms with Crippen LogP contribution >= 0.6 is 0 Å². The first kappa shape index (κ1) is 37.2. The van der Waals surface area contributed by atoms with Crippen molar-refractivity contribution in [2.45, 2.75) is 70.2 Å². The number of carbonyl (C=O) groups is 2.